The van der Waals surface area contributed by atoms with E-state index in [0.29, 0.717) is 12.6 Å². The summed E-state index contributed by atoms with van der Waals surface area (Å²) < 4.78 is 2.03. The van der Waals surface area contributed by atoms with Crippen LogP contribution in [0.2, 0.25) is 0 Å². The lowest BCUT2D eigenvalue weighted by atomic mass is 10.1. The lowest BCUT2D eigenvalue weighted by molar-refractivity contribution is -0.136. The van der Waals surface area contributed by atoms with E-state index in [1.165, 1.54) is 6.42 Å². The third-order valence-electron chi connectivity index (χ3n) is 3.52. The molecule has 2 rings (SSSR count). The van der Waals surface area contributed by atoms with Gasteiger partial charge in [0, 0.05) is 12.1 Å². The number of likely N-dealkylation sites (tertiary alicyclic amines) is 1. The third-order valence-corrected chi connectivity index (χ3v) is 3.52. The van der Waals surface area contributed by atoms with Gasteiger partial charge in [-0.25, -0.2) is 0 Å². The number of rotatable bonds is 4. The third kappa shape index (κ3) is 2.49. The number of carboxylic acid groups (broad SMARTS) is 1. The van der Waals surface area contributed by atoms with Crippen molar-refractivity contribution in [2.24, 2.45) is 0 Å². The van der Waals surface area contributed by atoms with Gasteiger partial charge in [0.2, 0.25) is 0 Å². The highest BCUT2D eigenvalue weighted by molar-refractivity contribution is 5.67. The number of carboxylic acids is 1. The maximum Gasteiger partial charge on any atom is 0.303 e. The maximum atomic E-state index is 10.6. The van der Waals surface area contributed by atoms with Crippen LogP contribution in [0.1, 0.15) is 36.7 Å². The molecule has 0 bridgehead atoms. The minimum Gasteiger partial charge on any atom is -0.481 e. The zero-order valence-electron chi connectivity index (χ0n) is 10.4. The summed E-state index contributed by atoms with van der Waals surface area (Å²) in [4.78, 5) is 12.9. The summed E-state index contributed by atoms with van der Waals surface area (Å²) in [5.74, 6) is -0.755. The van der Waals surface area contributed by atoms with Crippen LogP contribution in [0.15, 0.2) is 6.20 Å². The molecule has 1 aromatic heterocycles. The van der Waals surface area contributed by atoms with Crippen molar-refractivity contribution in [2.45, 2.75) is 38.8 Å². The molecule has 1 fully saturated rings. The van der Waals surface area contributed by atoms with Crippen molar-refractivity contribution in [3.63, 3.8) is 0 Å². The van der Waals surface area contributed by atoms with Gasteiger partial charge in [-0.3, -0.25) is 14.4 Å². The first-order valence-corrected chi connectivity index (χ1v) is 6.04. The van der Waals surface area contributed by atoms with E-state index in [0.717, 1.165) is 24.2 Å². The fourth-order valence-electron chi connectivity index (χ4n) is 2.45. The molecule has 1 aliphatic rings. The molecule has 1 unspecified atom stereocenters. The Morgan fingerprint density at radius 3 is 3.00 bits per heavy atom. The molecule has 0 radical (unpaired) electrons. The van der Waals surface area contributed by atoms with Crippen LogP contribution in [0.4, 0.5) is 0 Å². The molecule has 94 valence electrons. The number of aromatic nitrogens is 2. The standard InChI is InChI=1S/C12H19N3O2/c1-9-10(5-6-12(16)17)8-13-15(9)11-4-3-7-14(11)2/h8,11H,3-7H2,1-2H3,(H,16,17). The Morgan fingerprint density at radius 1 is 1.65 bits per heavy atom. The van der Waals surface area contributed by atoms with E-state index in [1.807, 2.05) is 17.8 Å². The average molecular weight is 237 g/mol. The molecule has 1 N–H and O–H groups in total. The second-order valence-corrected chi connectivity index (χ2v) is 4.70. The summed E-state index contributed by atoms with van der Waals surface area (Å²) in [5, 5.41) is 13.1. The number of aliphatic carboxylic acids is 1. The van der Waals surface area contributed by atoms with Crippen molar-refractivity contribution in [1.82, 2.24) is 14.7 Å². The Kier molecular flexibility index (Phi) is 3.47. The Hall–Kier alpha value is -1.36. The molecular formula is C12H19N3O2. The second kappa shape index (κ2) is 4.87. The Balaban J connectivity index is 2.11. The Bertz CT molecular complexity index is 414. The first-order chi connectivity index (χ1) is 8.09. The van der Waals surface area contributed by atoms with E-state index in [-0.39, 0.29) is 6.42 Å². The summed E-state index contributed by atoms with van der Waals surface area (Å²) in [6.07, 6.45) is 5.21. The fraction of sp³-hybridized carbons (Fsp3) is 0.667. The Morgan fingerprint density at radius 2 is 2.41 bits per heavy atom. The summed E-state index contributed by atoms with van der Waals surface area (Å²) in [6.45, 7) is 3.13. The number of carbonyl (C=O) groups is 1. The molecule has 1 aromatic rings. The first-order valence-electron chi connectivity index (χ1n) is 6.04. The van der Waals surface area contributed by atoms with E-state index in [4.69, 9.17) is 5.11 Å². The van der Waals surface area contributed by atoms with Gasteiger partial charge in [-0.2, -0.15) is 5.10 Å². The van der Waals surface area contributed by atoms with Crippen LogP contribution in [-0.4, -0.2) is 39.3 Å². The van der Waals surface area contributed by atoms with Gasteiger partial charge in [0.1, 0.15) is 6.17 Å². The van der Waals surface area contributed by atoms with Crippen LogP contribution >= 0.6 is 0 Å². The van der Waals surface area contributed by atoms with Crippen molar-refractivity contribution in [2.75, 3.05) is 13.6 Å². The number of hydrogen-bond donors (Lipinski definition) is 1. The fourth-order valence-corrected chi connectivity index (χ4v) is 2.45. The molecule has 0 saturated carbocycles. The minimum atomic E-state index is -0.755. The van der Waals surface area contributed by atoms with E-state index >= 15 is 0 Å². The van der Waals surface area contributed by atoms with Crippen LogP contribution in [0, 0.1) is 6.92 Å². The molecular weight excluding hydrogens is 218 g/mol. The SMILES string of the molecule is Cc1c(CCC(=O)O)cnn1C1CCCN1C. The number of nitrogens with zero attached hydrogens (tertiary/aromatic N) is 3. The van der Waals surface area contributed by atoms with E-state index in [9.17, 15) is 4.79 Å². The van der Waals surface area contributed by atoms with Gasteiger partial charge in [-0.05, 0) is 45.3 Å². The topological polar surface area (TPSA) is 58.4 Å². The largest absolute Gasteiger partial charge is 0.481 e. The number of aryl methyl sites for hydroxylation is 1. The molecule has 1 atom stereocenters. The van der Waals surface area contributed by atoms with Gasteiger partial charge in [0.15, 0.2) is 0 Å². The van der Waals surface area contributed by atoms with Crippen molar-refractivity contribution in [3.8, 4) is 0 Å². The van der Waals surface area contributed by atoms with Crippen molar-refractivity contribution >= 4 is 5.97 Å². The molecule has 0 amide bonds. The number of hydrogen-bond acceptors (Lipinski definition) is 3. The smallest absolute Gasteiger partial charge is 0.303 e. The highest BCUT2D eigenvalue weighted by Gasteiger charge is 2.24. The molecule has 2 heterocycles. The van der Waals surface area contributed by atoms with Crippen LogP contribution in [0.25, 0.3) is 0 Å². The summed E-state index contributed by atoms with van der Waals surface area (Å²) in [5.41, 5.74) is 2.15. The highest BCUT2D eigenvalue weighted by Crippen LogP contribution is 2.26. The molecule has 1 aliphatic heterocycles. The Labute approximate surface area is 101 Å². The lowest BCUT2D eigenvalue weighted by Gasteiger charge is -2.21. The van der Waals surface area contributed by atoms with E-state index in [2.05, 4.69) is 17.0 Å². The molecule has 17 heavy (non-hydrogen) atoms. The minimum absolute atomic E-state index is 0.174. The zero-order chi connectivity index (χ0) is 12.4. The van der Waals surface area contributed by atoms with Gasteiger partial charge >= 0.3 is 5.97 Å². The van der Waals surface area contributed by atoms with Gasteiger partial charge in [0.05, 0.1) is 6.20 Å². The molecule has 1 saturated heterocycles. The quantitative estimate of drug-likeness (QED) is 0.860. The van der Waals surface area contributed by atoms with Gasteiger partial charge < -0.3 is 5.11 Å². The van der Waals surface area contributed by atoms with Gasteiger partial charge in [0.25, 0.3) is 0 Å². The van der Waals surface area contributed by atoms with E-state index in [1.54, 1.807) is 0 Å². The van der Waals surface area contributed by atoms with Crippen molar-refractivity contribution in [3.05, 3.63) is 17.5 Å². The zero-order valence-corrected chi connectivity index (χ0v) is 10.4. The monoisotopic (exact) mass is 237 g/mol. The van der Waals surface area contributed by atoms with Crippen LogP contribution in [0.5, 0.6) is 0 Å². The molecule has 5 nitrogen and oxygen atoms in total. The van der Waals surface area contributed by atoms with Crippen molar-refractivity contribution in [1.29, 1.82) is 0 Å². The first kappa shape index (κ1) is 12.1. The molecule has 5 heteroatoms. The summed E-state index contributed by atoms with van der Waals surface area (Å²) >= 11 is 0. The van der Waals surface area contributed by atoms with Crippen LogP contribution < -0.4 is 0 Å². The average Bonchev–Trinajstić information content (AvgIpc) is 2.82. The van der Waals surface area contributed by atoms with Gasteiger partial charge in [-0.15, -0.1) is 0 Å². The van der Waals surface area contributed by atoms with Crippen LogP contribution in [-0.2, 0) is 11.2 Å². The maximum absolute atomic E-state index is 10.6. The second-order valence-electron chi connectivity index (χ2n) is 4.70. The highest BCUT2D eigenvalue weighted by atomic mass is 16.4. The summed E-state index contributed by atoms with van der Waals surface area (Å²) in [7, 11) is 2.11. The summed E-state index contributed by atoms with van der Waals surface area (Å²) in [6, 6.07) is 0. The van der Waals surface area contributed by atoms with Gasteiger partial charge in [-0.1, -0.05) is 0 Å². The predicted octanol–water partition coefficient (Wildman–Crippen LogP) is 1.43. The molecule has 0 spiro atoms. The van der Waals surface area contributed by atoms with Crippen LogP contribution in [0.3, 0.4) is 0 Å². The van der Waals surface area contributed by atoms with Crippen molar-refractivity contribution < 1.29 is 9.90 Å². The molecule has 0 aliphatic carbocycles. The van der Waals surface area contributed by atoms with E-state index < -0.39 is 5.97 Å². The molecule has 0 aromatic carbocycles. The lowest BCUT2D eigenvalue weighted by Crippen LogP contribution is -2.24. The normalized spacial score (nSPS) is 20.9. The predicted molar refractivity (Wildman–Crippen MR) is 63.8 cm³/mol.